The van der Waals surface area contributed by atoms with Gasteiger partial charge in [-0.25, -0.2) is 18.7 Å². The minimum atomic E-state index is -3.96. The van der Waals surface area contributed by atoms with Crippen molar-refractivity contribution in [2.75, 3.05) is 37.6 Å². The van der Waals surface area contributed by atoms with E-state index in [9.17, 15) is 17.6 Å². The monoisotopic (exact) mass is 292 g/mol. The third kappa shape index (κ3) is 3.56. The maximum Gasteiger partial charge on any atom is 0.319 e. The van der Waals surface area contributed by atoms with Gasteiger partial charge in [0.2, 0.25) is 5.95 Å². The molecule has 1 aromatic rings. The van der Waals surface area contributed by atoms with Gasteiger partial charge in [0.15, 0.2) is 0 Å². The summed E-state index contributed by atoms with van der Waals surface area (Å²) in [4.78, 5) is 11.6. The molecule has 1 aliphatic heterocycles. The molecule has 0 bridgehead atoms. The van der Waals surface area contributed by atoms with Gasteiger partial charge in [0, 0.05) is 38.1 Å². The molecule has 1 aromatic heterocycles. The van der Waals surface area contributed by atoms with Gasteiger partial charge >= 0.3 is 12.3 Å². The summed E-state index contributed by atoms with van der Waals surface area (Å²) in [5.74, 6) is -3.41. The van der Waals surface area contributed by atoms with E-state index >= 15 is 0 Å². The number of halogens is 4. The van der Waals surface area contributed by atoms with Crippen LogP contribution in [0, 0.1) is 6.92 Å². The molecule has 0 amide bonds. The second-order valence-corrected chi connectivity index (χ2v) is 4.82. The van der Waals surface area contributed by atoms with Crippen LogP contribution < -0.4 is 4.90 Å². The molecule has 1 saturated heterocycles. The van der Waals surface area contributed by atoms with Crippen molar-refractivity contribution in [2.45, 2.75) is 19.3 Å². The van der Waals surface area contributed by atoms with E-state index in [1.807, 2.05) is 11.8 Å². The number of anilines is 1. The molecule has 20 heavy (non-hydrogen) atoms. The minimum Gasteiger partial charge on any atom is -0.338 e. The quantitative estimate of drug-likeness (QED) is 0.792. The first-order valence-electron chi connectivity index (χ1n) is 6.31. The van der Waals surface area contributed by atoms with Crippen molar-refractivity contribution in [3.05, 3.63) is 18.0 Å². The molecule has 112 valence electrons. The summed E-state index contributed by atoms with van der Waals surface area (Å²) in [6.45, 7) is 2.41. The van der Waals surface area contributed by atoms with E-state index in [0.717, 1.165) is 5.69 Å². The van der Waals surface area contributed by atoms with E-state index in [0.29, 0.717) is 32.1 Å². The number of hydrogen-bond acceptors (Lipinski definition) is 4. The highest BCUT2D eigenvalue weighted by atomic mass is 19.3. The summed E-state index contributed by atoms with van der Waals surface area (Å²) in [6, 6.07) is 1.77. The number of hydrogen-bond donors (Lipinski definition) is 0. The number of aryl methyl sites for hydroxylation is 1. The van der Waals surface area contributed by atoms with E-state index in [1.165, 1.54) is 4.90 Å². The molecule has 0 aromatic carbocycles. The van der Waals surface area contributed by atoms with Crippen LogP contribution in [0.15, 0.2) is 12.3 Å². The number of nitrogens with zero attached hydrogens (tertiary/aromatic N) is 4. The lowest BCUT2D eigenvalue weighted by Gasteiger charge is -2.36. The second kappa shape index (κ2) is 5.90. The number of aromatic nitrogens is 2. The van der Waals surface area contributed by atoms with Crippen LogP contribution in [0.5, 0.6) is 0 Å². The third-order valence-corrected chi connectivity index (χ3v) is 3.19. The average molecular weight is 292 g/mol. The molecule has 0 radical (unpaired) electrons. The zero-order chi connectivity index (χ0) is 14.8. The molecule has 2 heterocycles. The van der Waals surface area contributed by atoms with Crippen LogP contribution in [0.4, 0.5) is 23.5 Å². The third-order valence-electron chi connectivity index (χ3n) is 3.19. The molecule has 0 N–H and O–H groups in total. The zero-order valence-corrected chi connectivity index (χ0v) is 11.1. The summed E-state index contributed by atoms with van der Waals surface area (Å²) < 4.78 is 50.2. The van der Waals surface area contributed by atoms with Gasteiger partial charge in [-0.1, -0.05) is 0 Å². The Morgan fingerprint density at radius 1 is 1.25 bits per heavy atom. The summed E-state index contributed by atoms with van der Waals surface area (Å²) in [5, 5.41) is 0. The van der Waals surface area contributed by atoms with Crippen molar-refractivity contribution >= 4 is 5.95 Å². The van der Waals surface area contributed by atoms with Gasteiger partial charge in [-0.2, -0.15) is 8.78 Å². The molecule has 1 aliphatic rings. The lowest BCUT2D eigenvalue weighted by Crippen LogP contribution is -2.51. The smallest absolute Gasteiger partial charge is 0.319 e. The molecule has 0 unspecified atom stereocenters. The predicted octanol–water partition coefficient (Wildman–Crippen LogP) is 1.81. The van der Waals surface area contributed by atoms with Crippen molar-refractivity contribution in [3.63, 3.8) is 0 Å². The highest BCUT2D eigenvalue weighted by Gasteiger charge is 2.42. The first-order chi connectivity index (χ1) is 9.38. The van der Waals surface area contributed by atoms with E-state index < -0.39 is 18.9 Å². The second-order valence-electron chi connectivity index (χ2n) is 4.82. The molecule has 0 saturated carbocycles. The number of alkyl halides is 4. The molecule has 4 nitrogen and oxygen atoms in total. The van der Waals surface area contributed by atoms with E-state index in [2.05, 4.69) is 9.97 Å². The lowest BCUT2D eigenvalue weighted by atomic mass is 10.2. The van der Waals surface area contributed by atoms with Gasteiger partial charge in [-0.3, -0.25) is 4.90 Å². The Morgan fingerprint density at radius 3 is 2.45 bits per heavy atom. The molecule has 2 rings (SSSR count). The average Bonchev–Trinajstić information content (AvgIpc) is 2.39. The lowest BCUT2D eigenvalue weighted by molar-refractivity contribution is -0.142. The molecule has 0 atom stereocenters. The fraction of sp³-hybridized carbons (Fsp3) is 0.667. The first kappa shape index (κ1) is 15.0. The molecular weight excluding hydrogens is 276 g/mol. The van der Waals surface area contributed by atoms with Crippen molar-refractivity contribution in [2.24, 2.45) is 0 Å². The van der Waals surface area contributed by atoms with Crippen LogP contribution in [-0.2, 0) is 0 Å². The molecule has 0 aliphatic carbocycles. The van der Waals surface area contributed by atoms with Crippen molar-refractivity contribution in [3.8, 4) is 0 Å². The first-order valence-corrected chi connectivity index (χ1v) is 6.31. The molecule has 8 heteroatoms. The fourth-order valence-electron chi connectivity index (χ4n) is 2.06. The number of piperazine rings is 1. The van der Waals surface area contributed by atoms with Crippen molar-refractivity contribution < 1.29 is 17.6 Å². The Kier molecular flexibility index (Phi) is 4.42. The zero-order valence-electron chi connectivity index (χ0n) is 11.1. The van der Waals surface area contributed by atoms with Crippen LogP contribution in [0.3, 0.4) is 0 Å². The molecule has 1 fully saturated rings. The Bertz CT molecular complexity index is 447. The molecule has 0 spiro atoms. The fourth-order valence-corrected chi connectivity index (χ4v) is 2.06. The SMILES string of the molecule is Cc1ccnc(N2CCN(CC(F)(F)C(F)F)CC2)n1. The Morgan fingerprint density at radius 2 is 1.90 bits per heavy atom. The summed E-state index contributed by atoms with van der Waals surface area (Å²) in [6.07, 6.45) is -1.99. The predicted molar refractivity (Wildman–Crippen MR) is 66.4 cm³/mol. The van der Waals surface area contributed by atoms with E-state index in [1.54, 1.807) is 12.3 Å². The Hall–Kier alpha value is -1.44. The van der Waals surface area contributed by atoms with Crippen LogP contribution in [0.2, 0.25) is 0 Å². The van der Waals surface area contributed by atoms with Crippen LogP contribution in [-0.4, -0.2) is 59.9 Å². The Labute approximate surface area is 114 Å². The highest BCUT2D eigenvalue weighted by Crippen LogP contribution is 2.24. The van der Waals surface area contributed by atoms with Crippen LogP contribution in [0.1, 0.15) is 5.69 Å². The van der Waals surface area contributed by atoms with Gasteiger partial charge in [0.25, 0.3) is 0 Å². The van der Waals surface area contributed by atoms with Gasteiger partial charge in [0.05, 0.1) is 6.54 Å². The van der Waals surface area contributed by atoms with Gasteiger partial charge in [0.1, 0.15) is 0 Å². The maximum atomic E-state index is 13.0. The normalized spacial score (nSPS) is 17.8. The van der Waals surface area contributed by atoms with Crippen LogP contribution in [0.25, 0.3) is 0 Å². The van der Waals surface area contributed by atoms with Gasteiger partial charge in [-0.05, 0) is 13.0 Å². The van der Waals surface area contributed by atoms with E-state index in [-0.39, 0.29) is 0 Å². The standard InChI is InChI=1S/C12H16F4N4/c1-9-2-3-17-11(18-9)20-6-4-19(5-7-20)8-12(15,16)10(13)14/h2-3,10H,4-8H2,1H3. The molecular formula is C12H16F4N4. The summed E-state index contributed by atoms with van der Waals surface area (Å²) in [5.41, 5.74) is 0.821. The van der Waals surface area contributed by atoms with Crippen LogP contribution >= 0.6 is 0 Å². The van der Waals surface area contributed by atoms with E-state index in [4.69, 9.17) is 0 Å². The van der Waals surface area contributed by atoms with Gasteiger partial charge < -0.3 is 4.90 Å². The minimum absolute atomic E-state index is 0.291. The highest BCUT2D eigenvalue weighted by molar-refractivity contribution is 5.30. The van der Waals surface area contributed by atoms with Crippen molar-refractivity contribution in [1.82, 2.24) is 14.9 Å². The van der Waals surface area contributed by atoms with Crippen molar-refractivity contribution in [1.29, 1.82) is 0 Å². The number of rotatable bonds is 4. The topological polar surface area (TPSA) is 32.3 Å². The maximum absolute atomic E-state index is 13.0. The largest absolute Gasteiger partial charge is 0.338 e. The van der Waals surface area contributed by atoms with Gasteiger partial charge in [-0.15, -0.1) is 0 Å². The summed E-state index contributed by atoms with van der Waals surface area (Å²) in [7, 11) is 0. The Balaban J connectivity index is 1.90. The summed E-state index contributed by atoms with van der Waals surface area (Å²) >= 11 is 0.